The first kappa shape index (κ1) is 25.0. The summed E-state index contributed by atoms with van der Waals surface area (Å²) in [6.07, 6.45) is 9.30. The summed E-state index contributed by atoms with van der Waals surface area (Å²) in [4.78, 5) is 0. The molecule has 2 heterocycles. The highest BCUT2D eigenvalue weighted by molar-refractivity contribution is 5.46. The Kier molecular flexibility index (Phi) is 6.39. The minimum absolute atomic E-state index is 0.194. The third-order valence-corrected chi connectivity index (χ3v) is 9.38. The van der Waals surface area contributed by atoms with Crippen LogP contribution in [0.2, 0.25) is 0 Å². The van der Waals surface area contributed by atoms with E-state index in [1.807, 2.05) is 30.3 Å². The van der Waals surface area contributed by atoms with E-state index >= 15 is 0 Å². The van der Waals surface area contributed by atoms with E-state index in [-0.39, 0.29) is 18.1 Å². The number of fused-ring (bicyclic) bond motifs is 1. The molecule has 4 atom stereocenters. The average Bonchev–Trinajstić information content (AvgIpc) is 3.29. The van der Waals surface area contributed by atoms with E-state index in [0.717, 1.165) is 42.7 Å². The third kappa shape index (κ3) is 5.33. The molecule has 5 nitrogen and oxygen atoms in total. The zero-order chi connectivity index (χ0) is 25.7. The molecule has 2 aromatic carbocycles. The molecule has 37 heavy (non-hydrogen) atoms. The molecule has 200 valence electrons. The van der Waals surface area contributed by atoms with Crippen LogP contribution in [0.1, 0.15) is 70.3 Å². The summed E-state index contributed by atoms with van der Waals surface area (Å²) >= 11 is 0. The molecular formula is C31H41FN2O3. The van der Waals surface area contributed by atoms with Crippen molar-refractivity contribution < 1.29 is 18.6 Å². The molecule has 0 aromatic heterocycles. The third-order valence-electron chi connectivity index (χ3n) is 9.38. The number of ether oxygens (including phenoxy) is 3. The van der Waals surface area contributed by atoms with E-state index in [1.165, 1.54) is 56.2 Å². The van der Waals surface area contributed by atoms with E-state index in [2.05, 4.69) is 19.2 Å². The van der Waals surface area contributed by atoms with Crippen LogP contribution in [0.5, 0.6) is 17.2 Å². The standard InChI is InChI=1S/C19H20FNO3.C12H21N/c20-15-3-1-13(2-4-15)17-7-8-21-10-14(17)11-22-16-5-6-18-19(9-16)24-12-23-18;1-10-3-9-4-11(2,6-10)8-12(13,5-9)7-10/h1-6,9,14,17,21H,7-8,10-12H2;9H,3-8,13H2,1-2H3/t14-,17-;/m0./s1. The summed E-state index contributed by atoms with van der Waals surface area (Å²) in [5.41, 5.74) is 9.09. The molecule has 5 fully saturated rings. The zero-order valence-corrected chi connectivity index (χ0v) is 22.2. The van der Waals surface area contributed by atoms with Crippen LogP contribution < -0.4 is 25.3 Å². The lowest BCUT2D eigenvalue weighted by Crippen LogP contribution is -2.62. The SMILES string of the molecule is CC12CC3CC(C)(C1)CC(N)(C3)C2.Fc1ccc([C@@H]2CCNC[C@H]2COc2ccc3c(c2)OCO3)cc1. The largest absolute Gasteiger partial charge is 0.493 e. The van der Waals surface area contributed by atoms with Crippen molar-refractivity contribution in [2.24, 2.45) is 28.4 Å². The number of hydrogen-bond acceptors (Lipinski definition) is 5. The van der Waals surface area contributed by atoms with E-state index in [9.17, 15) is 4.39 Å². The Bertz CT molecular complexity index is 1070. The van der Waals surface area contributed by atoms with Crippen molar-refractivity contribution in [3.05, 3.63) is 53.8 Å². The van der Waals surface area contributed by atoms with Crippen molar-refractivity contribution in [2.75, 3.05) is 26.5 Å². The van der Waals surface area contributed by atoms with Gasteiger partial charge in [-0.2, -0.15) is 0 Å². The number of nitrogens with one attached hydrogen (secondary N) is 1. The molecule has 0 radical (unpaired) electrons. The molecule has 6 aliphatic rings. The van der Waals surface area contributed by atoms with Crippen LogP contribution >= 0.6 is 0 Å². The lowest BCUT2D eigenvalue weighted by atomic mass is 9.43. The van der Waals surface area contributed by atoms with Gasteiger partial charge in [-0.15, -0.1) is 0 Å². The predicted octanol–water partition coefficient (Wildman–Crippen LogP) is 6.02. The molecule has 2 aromatic rings. The summed E-state index contributed by atoms with van der Waals surface area (Å²) in [6, 6.07) is 12.5. The first-order valence-electron chi connectivity index (χ1n) is 14.0. The van der Waals surface area contributed by atoms with Crippen LogP contribution in [0.25, 0.3) is 0 Å². The van der Waals surface area contributed by atoms with Gasteiger partial charge in [0.1, 0.15) is 11.6 Å². The topological polar surface area (TPSA) is 65.7 Å². The molecule has 8 rings (SSSR count). The van der Waals surface area contributed by atoms with Gasteiger partial charge in [-0.05, 0) is 104 Å². The Morgan fingerprint density at radius 1 is 0.973 bits per heavy atom. The quantitative estimate of drug-likeness (QED) is 0.529. The van der Waals surface area contributed by atoms with Gasteiger partial charge in [-0.1, -0.05) is 26.0 Å². The highest BCUT2D eigenvalue weighted by Crippen LogP contribution is 2.65. The summed E-state index contributed by atoms with van der Waals surface area (Å²) in [6.45, 7) is 7.68. The Hall–Kier alpha value is -2.31. The van der Waals surface area contributed by atoms with Crippen molar-refractivity contribution >= 4 is 0 Å². The molecule has 0 amide bonds. The molecule has 4 bridgehead atoms. The zero-order valence-electron chi connectivity index (χ0n) is 22.2. The number of benzene rings is 2. The Morgan fingerprint density at radius 3 is 2.41 bits per heavy atom. The van der Waals surface area contributed by atoms with Crippen LogP contribution in [0.15, 0.2) is 42.5 Å². The van der Waals surface area contributed by atoms with Crippen LogP contribution in [0.4, 0.5) is 4.39 Å². The fourth-order valence-corrected chi connectivity index (χ4v) is 8.95. The van der Waals surface area contributed by atoms with Gasteiger partial charge in [0, 0.05) is 24.1 Å². The van der Waals surface area contributed by atoms with Crippen LogP contribution in [-0.2, 0) is 0 Å². The van der Waals surface area contributed by atoms with Crippen molar-refractivity contribution in [3.8, 4) is 17.2 Å². The molecule has 2 aliphatic heterocycles. The molecular weight excluding hydrogens is 467 g/mol. The van der Waals surface area contributed by atoms with Crippen LogP contribution in [-0.4, -0.2) is 32.0 Å². The van der Waals surface area contributed by atoms with Gasteiger partial charge in [-0.25, -0.2) is 4.39 Å². The van der Waals surface area contributed by atoms with E-state index in [4.69, 9.17) is 19.9 Å². The van der Waals surface area contributed by atoms with E-state index in [0.29, 0.717) is 29.3 Å². The van der Waals surface area contributed by atoms with Crippen molar-refractivity contribution in [1.82, 2.24) is 5.32 Å². The normalized spacial score (nSPS) is 37.1. The van der Waals surface area contributed by atoms with Crippen molar-refractivity contribution in [2.45, 2.75) is 70.3 Å². The maximum atomic E-state index is 13.2. The first-order chi connectivity index (χ1) is 17.7. The van der Waals surface area contributed by atoms with Crippen LogP contribution in [0, 0.1) is 28.5 Å². The second kappa shape index (κ2) is 9.46. The first-order valence-corrected chi connectivity index (χ1v) is 14.0. The fraction of sp³-hybridized carbons (Fsp3) is 0.613. The van der Waals surface area contributed by atoms with E-state index in [1.54, 1.807) is 0 Å². The van der Waals surface area contributed by atoms with Crippen LogP contribution in [0.3, 0.4) is 0 Å². The van der Waals surface area contributed by atoms with Gasteiger partial charge in [0.05, 0.1) is 6.61 Å². The molecule has 4 saturated carbocycles. The number of rotatable bonds is 4. The Morgan fingerprint density at radius 2 is 1.70 bits per heavy atom. The van der Waals surface area contributed by atoms with Gasteiger partial charge in [-0.3, -0.25) is 0 Å². The molecule has 3 N–H and O–H groups in total. The number of piperidine rings is 1. The second-order valence-electron chi connectivity index (χ2n) is 13.2. The second-order valence-corrected chi connectivity index (χ2v) is 13.2. The maximum absolute atomic E-state index is 13.2. The lowest BCUT2D eigenvalue weighted by Gasteiger charge is -2.64. The average molecular weight is 509 g/mol. The minimum Gasteiger partial charge on any atom is -0.493 e. The smallest absolute Gasteiger partial charge is 0.231 e. The summed E-state index contributed by atoms with van der Waals surface area (Å²) < 4.78 is 29.9. The fourth-order valence-electron chi connectivity index (χ4n) is 8.95. The molecule has 4 aliphatic carbocycles. The molecule has 6 heteroatoms. The number of hydrogen-bond donors (Lipinski definition) is 2. The lowest BCUT2D eigenvalue weighted by molar-refractivity contribution is -0.104. The van der Waals surface area contributed by atoms with Gasteiger partial charge in [0.2, 0.25) is 6.79 Å². The molecule has 0 spiro atoms. The van der Waals surface area contributed by atoms with Gasteiger partial charge in [0.15, 0.2) is 11.5 Å². The summed E-state index contributed by atoms with van der Waals surface area (Å²) in [7, 11) is 0. The number of nitrogens with two attached hydrogens (primary N) is 1. The summed E-state index contributed by atoms with van der Waals surface area (Å²) in [5.74, 6) is 3.74. The summed E-state index contributed by atoms with van der Waals surface area (Å²) in [5, 5.41) is 3.43. The van der Waals surface area contributed by atoms with E-state index < -0.39 is 0 Å². The van der Waals surface area contributed by atoms with Gasteiger partial charge in [0.25, 0.3) is 0 Å². The van der Waals surface area contributed by atoms with Crippen molar-refractivity contribution in [3.63, 3.8) is 0 Å². The van der Waals surface area contributed by atoms with Gasteiger partial charge < -0.3 is 25.3 Å². The highest BCUT2D eigenvalue weighted by Gasteiger charge is 2.58. The highest BCUT2D eigenvalue weighted by atomic mass is 19.1. The Labute approximate surface area is 220 Å². The van der Waals surface area contributed by atoms with Gasteiger partial charge >= 0.3 is 0 Å². The monoisotopic (exact) mass is 508 g/mol. The maximum Gasteiger partial charge on any atom is 0.231 e. The Balaban J connectivity index is 0.000000162. The molecule has 1 saturated heterocycles. The predicted molar refractivity (Wildman–Crippen MR) is 143 cm³/mol. The number of halogens is 1. The molecule has 2 unspecified atom stereocenters. The van der Waals surface area contributed by atoms with Crippen molar-refractivity contribution in [1.29, 1.82) is 0 Å². The minimum atomic E-state index is -0.194.